The van der Waals surface area contributed by atoms with Gasteiger partial charge in [0.15, 0.2) is 5.65 Å². The average Bonchev–Trinajstić information content (AvgIpc) is 3.43. The molecule has 1 atom stereocenters. The zero-order valence-electron chi connectivity index (χ0n) is 18.0. The van der Waals surface area contributed by atoms with E-state index in [1.54, 1.807) is 24.2 Å². The zero-order chi connectivity index (χ0) is 22.8. The number of fused-ring (bicyclic) bond motifs is 2. The van der Waals surface area contributed by atoms with E-state index in [1.807, 2.05) is 30.3 Å². The molecule has 9 nitrogen and oxygen atoms in total. The Morgan fingerprint density at radius 3 is 3.12 bits per heavy atom. The standard InChI is InChI=1S/C23H22BrN7O2/c1-33-10-9-26-22(32)15-4-5-16(11-15)28-23-27-13-18-20(24)30-31(21(18)29-23)17-6-7-19-14(12-17)3-2-8-25-19/h2-3,6-8,12-13,15H,4-5,9-11H2,1H3,(H,26,32)/t15-/m1/s1. The molecule has 1 N–H and O–H groups in total. The van der Waals surface area contributed by atoms with Crippen LogP contribution in [0.2, 0.25) is 0 Å². The molecular formula is C23H22BrN7O2. The van der Waals surface area contributed by atoms with Crippen molar-refractivity contribution in [2.24, 2.45) is 10.9 Å². The Kier molecular flexibility index (Phi) is 6.10. The van der Waals surface area contributed by atoms with Crippen LogP contribution in [0.1, 0.15) is 19.3 Å². The first-order valence-corrected chi connectivity index (χ1v) is 11.5. The maximum atomic E-state index is 12.3. The van der Waals surface area contributed by atoms with Gasteiger partial charge in [-0.15, -0.1) is 0 Å². The van der Waals surface area contributed by atoms with Gasteiger partial charge in [-0.1, -0.05) is 6.07 Å². The number of amides is 1. The monoisotopic (exact) mass is 507 g/mol. The predicted molar refractivity (Wildman–Crippen MR) is 129 cm³/mol. The van der Waals surface area contributed by atoms with E-state index in [2.05, 4.69) is 46.3 Å². The molecule has 5 rings (SSSR count). The highest BCUT2D eigenvalue weighted by atomic mass is 79.9. The van der Waals surface area contributed by atoms with Gasteiger partial charge < -0.3 is 10.1 Å². The largest absolute Gasteiger partial charge is 0.383 e. The summed E-state index contributed by atoms with van der Waals surface area (Å²) in [5.74, 6) is 0.339. The first-order chi connectivity index (χ1) is 16.1. The molecule has 168 valence electrons. The molecule has 1 aliphatic carbocycles. The lowest BCUT2D eigenvalue weighted by Crippen LogP contribution is -2.32. The number of aliphatic imine (C=N–C) groups is 1. The highest BCUT2D eigenvalue weighted by molar-refractivity contribution is 9.10. The van der Waals surface area contributed by atoms with E-state index in [9.17, 15) is 4.79 Å². The van der Waals surface area contributed by atoms with Crippen molar-refractivity contribution in [1.82, 2.24) is 30.0 Å². The van der Waals surface area contributed by atoms with Crippen LogP contribution < -0.4 is 5.32 Å². The summed E-state index contributed by atoms with van der Waals surface area (Å²) in [6, 6.07) is 9.88. The van der Waals surface area contributed by atoms with Crippen LogP contribution in [0, 0.1) is 5.92 Å². The van der Waals surface area contributed by atoms with E-state index >= 15 is 0 Å². The molecule has 0 unspecified atom stereocenters. The number of nitrogens with zero attached hydrogens (tertiary/aromatic N) is 6. The molecule has 0 radical (unpaired) electrons. The van der Waals surface area contributed by atoms with Crippen LogP contribution in [0.15, 0.2) is 52.3 Å². The SMILES string of the molecule is COCCNC(=O)[C@@H]1CCC(=Nc2ncc3c(Br)nn(-c4ccc5ncccc5c4)c3n2)C1. The quantitative estimate of drug-likeness (QED) is 0.398. The van der Waals surface area contributed by atoms with Crippen LogP contribution in [0.4, 0.5) is 5.95 Å². The van der Waals surface area contributed by atoms with Gasteiger partial charge in [-0.2, -0.15) is 10.1 Å². The summed E-state index contributed by atoms with van der Waals surface area (Å²) in [6.45, 7) is 1.02. The smallest absolute Gasteiger partial charge is 0.251 e. The van der Waals surface area contributed by atoms with Crippen molar-refractivity contribution in [3.05, 3.63) is 47.3 Å². The highest BCUT2D eigenvalue weighted by Crippen LogP contribution is 2.28. The molecule has 1 aromatic carbocycles. The number of ether oxygens (including phenoxy) is 1. The number of aromatic nitrogens is 5. The van der Waals surface area contributed by atoms with Crippen LogP contribution in [0.3, 0.4) is 0 Å². The van der Waals surface area contributed by atoms with Crippen LogP contribution in [0.5, 0.6) is 0 Å². The Morgan fingerprint density at radius 1 is 1.33 bits per heavy atom. The van der Waals surface area contributed by atoms with Crippen molar-refractivity contribution >= 4 is 55.4 Å². The van der Waals surface area contributed by atoms with Gasteiger partial charge in [0.05, 0.1) is 23.2 Å². The van der Waals surface area contributed by atoms with Gasteiger partial charge in [-0.25, -0.2) is 14.7 Å². The fourth-order valence-electron chi connectivity index (χ4n) is 4.01. The molecular weight excluding hydrogens is 486 g/mol. The average molecular weight is 508 g/mol. The summed E-state index contributed by atoms with van der Waals surface area (Å²) in [4.78, 5) is 30.4. The number of halogens is 1. The van der Waals surface area contributed by atoms with E-state index in [1.165, 1.54) is 0 Å². The maximum absolute atomic E-state index is 12.3. The number of rotatable bonds is 6. The summed E-state index contributed by atoms with van der Waals surface area (Å²) in [5.41, 5.74) is 3.38. The molecule has 1 aliphatic rings. The molecule has 33 heavy (non-hydrogen) atoms. The second-order valence-corrected chi connectivity index (χ2v) is 8.64. The minimum Gasteiger partial charge on any atom is -0.383 e. The van der Waals surface area contributed by atoms with Gasteiger partial charge in [0.2, 0.25) is 5.91 Å². The minimum absolute atomic E-state index is 0.0430. The van der Waals surface area contributed by atoms with Crippen molar-refractivity contribution in [3.63, 3.8) is 0 Å². The summed E-state index contributed by atoms with van der Waals surface area (Å²) >= 11 is 3.51. The molecule has 1 amide bonds. The number of methoxy groups -OCH3 is 1. The van der Waals surface area contributed by atoms with E-state index in [4.69, 9.17) is 4.74 Å². The summed E-state index contributed by atoms with van der Waals surface area (Å²) in [6.07, 6.45) is 5.64. The van der Waals surface area contributed by atoms with E-state index in [0.29, 0.717) is 35.8 Å². The minimum atomic E-state index is -0.0739. The fourth-order valence-corrected chi connectivity index (χ4v) is 4.44. The third-order valence-corrected chi connectivity index (χ3v) is 6.28. The summed E-state index contributed by atoms with van der Waals surface area (Å²) in [7, 11) is 1.62. The Morgan fingerprint density at radius 2 is 2.24 bits per heavy atom. The number of carbonyl (C=O) groups excluding carboxylic acids is 1. The van der Waals surface area contributed by atoms with Gasteiger partial charge in [0.25, 0.3) is 5.95 Å². The molecule has 0 spiro atoms. The van der Waals surface area contributed by atoms with Crippen molar-refractivity contribution < 1.29 is 9.53 Å². The number of pyridine rings is 1. The summed E-state index contributed by atoms with van der Waals surface area (Å²) in [5, 5.41) is 9.33. The Hall–Kier alpha value is -3.24. The third-order valence-electron chi connectivity index (χ3n) is 5.70. The molecule has 4 aromatic rings. The topological polar surface area (TPSA) is 107 Å². The van der Waals surface area contributed by atoms with Gasteiger partial charge in [-0.05, 0) is 59.5 Å². The van der Waals surface area contributed by atoms with Crippen LogP contribution in [-0.4, -0.2) is 56.6 Å². The molecule has 1 fully saturated rings. The first-order valence-electron chi connectivity index (χ1n) is 10.7. The second-order valence-electron chi connectivity index (χ2n) is 7.89. The number of carbonyl (C=O) groups is 1. The summed E-state index contributed by atoms with van der Waals surface area (Å²) < 4.78 is 7.43. The lowest BCUT2D eigenvalue weighted by Gasteiger charge is -2.09. The van der Waals surface area contributed by atoms with Crippen LogP contribution in [-0.2, 0) is 9.53 Å². The second kappa shape index (κ2) is 9.32. The van der Waals surface area contributed by atoms with E-state index < -0.39 is 0 Å². The molecule has 3 aromatic heterocycles. The van der Waals surface area contributed by atoms with Crippen LogP contribution >= 0.6 is 15.9 Å². The molecule has 1 saturated carbocycles. The lowest BCUT2D eigenvalue weighted by atomic mass is 10.1. The van der Waals surface area contributed by atoms with Crippen molar-refractivity contribution in [2.45, 2.75) is 19.3 Å². The van der Waals surface area contributed by atoms with Crippen molar-refractivity contribution in [2.75, 3.05) is 20.3 Å². The number of benzene rings is 1. The Bertz CT molecular complexity index is 1370. The molecule has 0 aliphatic heterocycles. The van der Waals surface area contributed by atoms with Crippen molar-refractivity contribution in [1.29, 1.82) is 0 Å². The Balaban J connectivity index is 1.42. The number of hydrogen-bond donors (Lipinski definition) is 1. The third kappa shape index (κ3) is 4.49. The van der Waals surface area contributed by atoms with Gasteiger partial charge in [0, 0.05) is 43.1 Å². The molecule has 3 heterocycles. The molecule has 0 saturated heterocycles. The molecule has 10 heteroatoms. The van der Waals surface area contributed by atoms with E-state index in [0.717, 1.165) is 40.5 Å². The first kappa shape index (κ1) is 21.6. The van der Waals surface area contributed by atoms with Gasteiger partial charge >= 0.3 is 0 Å². The van der Waals surface area contributed by atoms with Gasteiger partial charge in [0.1, 0.15) is 4.60 Å². The normalized spacial score (nSPS) is 17.3. The van der Waals surface area contributed by atoms with Crippen molar-refractivity contribution in [3.8, 4) is 5.69 Å². The maximum Gasteiger partial charge on any atom is 0.251 e. The Labute approximate surface area is 198 Å². The molecule has 0 bridgehead atoms. The number of nitrogens with one attached hydrogen (secondary N) is 1. The van der Waals surface area contributed by atoms with Gasteiger partial charge in [-0.3, -0.25) is 9.78 Å². The number of hydrogen-bond acceptors (Lipinski definition) is 7. The lowest BCUT2D eigenvalue weighted by molar-refractivity contribution is -0.124. The van der Waals surface area contributed by atoms with Crippen LogP contribution in [0.25, 0.3) is 27.6 Å². The van der Waals surface area contributed by atoms with E-state index in [-0.39, 0.29) is 11.8 Å². The zero-order valence-corrected chi connectivity index (χ0v) is 19.6. The highest BCUT2D eigenvalue weighted by Gasteiger charge is 2.27. The fraction of sp³-hybridized carbons (Fsp3) is 0.304. The predicted octanol–water partition coefficient (Wildman–Crippen LogP) is 3.76.